The van der Waals surface area contributed by atoms with Gasteiger partial charge in [0.2, 0.25) is 0 Å². The van der Waals surface area contributed by atoms with E-state index in [1.165, 1.54) is 18.4 Å². The van der Waals surface area contributed by atoms with Gasteiger partial charge < -0.3 is 14.7 Å². The quantitative estimate of drug-likeness (QED) is 0.920. The van der Waals surface area contributed by atoms with Crippen molar-refractivity contribution in [1.29, 1.82) is 0 Å². The predicted molar refractivity (Wildman–Crippen MR) is 71.8 cm³/mol. The smallest absolute Gasteiger partial charge is 0.305 e. The number of hydrogen-bond acceptors (Lipinski definition) is 4. The van der Waals surface area contributed by atoms with Crippen molar-refractivity contribution in [3.05, 3.63) is 16.3 Å². The molecule has 1 aromatic heterocycles. The van der Waals surface area contributed by atoms with Gasteiger partial charge in [0.1, 0.15) is 10.6 Å². The lowest BCUT2D eigenvalue weighted by Crippen LogP contribution is -2.44. The van der Waals surface area contributed by atoms with Gasteiger partial charge in [-0.05, 0) is 30.7 Å². The maximum Gasteiger partial charge on any atom is 0.305 e. The van der Waals surface area contributed by atoms with Crippen LogP contribution in [0.25, 0.3) is 0 Å². The highest BCUT2D eigenvalue weighted by molar-refractivity contribution is 7.12. The Balaban J connectivity index is 2.17. The lowest BCUT2D eigenvalue weighted by Gasteiger charge is -2.34. The minimum Gasteiger partial charge on any atom is -0.495 e. The van der Waals surface area contributed by atoms with Crippen LogP contribution in [-0.2, 0) is 4.79 Å². The largest absolute Gasteiger partial charge is 0.495 e. The fraction of sp³-hybridized carbons (Fsp3) is 0.538. The number of thiophene rings is 1. The van der Waals surface area contributed by atoms with E-state index in [4.69, 9.17) is 9.84 Å². The minimum atomic E-state index is -0.858. The zero-order valence-electron chi connectivity index (χ0n) is 10.8. The number of rotatable bonds is 4. The van der Waals surface area contributed by atoms with E-state index in [-0.39, 0.29) is 18.4 Å². The first-order valence-corrected chi connectivity index (χ1v) is 7.15. The van der Waals surface area contributed by atoms with E-state index in [0.717, 1.165) is 19.3 Å². The molecule has 1 amide bonds. The van der Waals surface area contributed by atoms with E-state index < -0.39 is 5.97 Å². The van der Waals surface area contributed by atoms with Crippen LogP contribution in [0.4, 0.5) is 0 Å². The molecule has 0 saturated carbocycles. The number of likely N-dealkylation sites (tertiary alicyclic amines) is 1. The third kappa shape index (κ3) is 3.07. The molecule has 1 fully saturated rings. The second kappa shape index (κ2) is 6.06. The third-order valence-electron chi connectivity index (χ3n) is 3.34. The van der Waals surface area contributed by atoms with Crippen LogP contribution in [0, 0.1) is 0 Å². The molecule has 1 unspecified atom stereocenters. The van der Waals surface area contributed by atoms with Gasteiger partial charge in [0.15, 0.2) is 0 Å². The van der Waals surface area contributed by atoms with Crippen molar-refractivity contribution in [1.82, 2.24) is 4.90 Å². The highest BCUT2D eigenvalue weighted by atomic mass is 32.1. The number of nitrogens with zero attached hydrogens (tertiary/aromatic N) is 1. The number of hydrogen-bond donors (Lipinski definition) is 1. The first kappa shape index (κ1) is 13.9. The molecule has 6 heteroatoms. The van der Waals surface area contributed by atoms with Crippen LogP contribution in [0.2, 0.25) is 0 Å². The van der Waals surface area contributed by atoms with E-state index in [0.29, 0.717) is 17.2 Å². The summed E-state index contributed by atoms with van der Waals surface area (Å²) in [5, 5.41) is 10.7. The summed E-state index contributed by atoms with van der Waals surface area (Å²) >= 11 is 1.33. The van der Waals surface area contributed by atoms with Gasteiger partial charge in [0, 0.05) is 12.6 Å². The summed E-state index contributed by atoms with van der Waals surface area (Å²) in [6, 6.07) is 1.55. The zero-order chi connectivity index (χ0) is 13.8. The number of amides is 1. The molecule has 2 rings (SSSR count). The molecule has 1 aromatic rings. The average molecular weight is 283 g/mol. The Kier molecular flexibility index (Phi) is 4.42. The Labute approximate surface area is 115 Å². The number of carbonyl (C=O) groups excluding carboxylic acids is 1. The Morgan fingerprint density at radius 1 is 1.53 bits per heavy atom. The van der Waals surface area contributed by atoms with Crippen molar-refractivity contribution in [3.8, 4) is 5.75 Å². The monoisotopic (exact) mass is 283 g/mol. The molecule has 5 nitrogen and oxygen atoms in total. The molecule has 0 aliphatic carbocycles. The second-order valence-electron chi connectivity index (χ2n) is 4.56. The number of methoxy groups -OCH3 is 1. The van der Waals surface area contributed by atoms with Crippen molar-refractivity contribution in [2.45, 2.75) is 31.7 Å². The molecule has 0 radical (unpaired) electrons. The molecule has 2 heterocycles. The lowest BCUT2D eigenvalue weighted by molar-refractivity contribution is -0.138. The summed E-state index contributed by atoms with van der Waals surface area (Å²) in [5.74, 6) is -0.407. The van der Waals surface area contributed by atoms with Gasteiger partial charge in [0.05, 0.1) is 13.5 Å². The second-order valence-corrected chi connectivity index (χ2v) is 5.48. The Morgan fingerprint density at radius 3 is 3.00 bits per heavy atom. The molecule has 1 atom stereocenters. The van der Waals surface area contributed by atoms with Crippen LogP contribution >= 0.6 is 11.3 Å². The van der Waals surface area contributed by atoms with Gasteiger partial charge in [-0.15, -0.1) is 11.3 Å². The molecular formula is C13H17NO4S. The summed E-state index contributed by atoms with van der Waals surface area (Å²) in [7, 11) is 1.53. The highest BCUT2D eigenvalue weighted by Crippen LogP contribution is 2.29. The van der Waals surface area contributed by atoms with Crippen LogP contribution in [0.15, 0.2) is 11.4 Å². The topological polar surface area (TPSA) is 66.8 Å². The molecule has 1 saturated heterocycles. The van der Waals surface area contributed by atoms with Gasteiger partial charge in [-0.1, -0.05) is 0 Å². The molecule has 0 spiro atoms. The standard InChI is InChI=1S/C13H17NO4S/c1-18-10-5-7-19-12(10)13(17)14-6-3-2-4-9(14)8-11(15)16/h5,7,9H,2-4,6,8H2,1H3,(H,15,16). The molecule has 1 N–H and O–H groups in total. The van der Waals surface area contributed by atoms with E-state index in [2.05, 4.69) is 0 Å². The number of carbonyl (C=O) groups is 2. The SMILES string of the molecule is COc1ccsc1C(=O)N1CCCCC1CC(=O)O. The highest BCUT2D eigenvalue weighted by Gasteiger charge is 2.31. The van der Waals surface area contributed by atoms with Crippen molar-refractivity contribution in [2.75, 3.05) is 13.7 Å². The van der Waals surface area contributed by atoms with Crippen LogP contribution in [0.1, 0.15) is 35.4 Å². The van der Waals surface area contributed by atoms with Crippen molar-refractivity contribution < 1.29 is 19.4 Å². The number of carboxylic acid groups (broad SMARTS) is 1. The third-order valence-corrected chi connectivity index (χ3v) is 4.23. The molecular weight excluding hydrogens is 266 g/mol. The molecule has 1 aliphatic heterocycles. The number of aliphatic carboxylic acids is 1. The summed E-state index contributed by atoms with van der Waals surface area (Å²) in [6.07, 6.45) is 2.67. The van der Waals surface area contributed by atoms with E-state index in [1.807, 2.05) is 5.38 Å². The van der Waals surface area contributed by atoms with Crippen LogP contribution in [0.5, 0.6) is 5.75 Å². The summed E-state index contributed by atoms with van der Waals surface area (Å²) in [5.41, 5.74) is 0. The van der Waals surface area contributed by atoms with E-state index in [9.17, 15) is 9.59 Å². The number of piperidine rings is 1. The van der Waals surface area contributed by atoms with E-state index in [1.54, 1.807) is 11.0 Å². The van der Waals surface area contributed by atoms with Crippen molar-refractivity contribution >= 4 is 23.2 Å². The molecule has 0 bridgehead atoms. The van der Waals surface area contributed by atoms with Crippen molar-refractivity contribution in [3.63, 3.8) is 0 Å². The average Bonchev–Trinajstić information content (AvgIpc) is 2.86. The maximum atomic E-state index is 12.5. The van der Waals surface area contributed by atoms with E-state index >= 15 is 0 Å². The van der Waals surface area contributed by atoms with Gasteiger partial charge in [0.25, 0.3) is 5.91 Å². The van der Waals surface area contributed by atoms with Gasteiger partial charge in [-0.25, -0.2) is 0 Å². The Bertz CT molecular complexity index is 471. The van der Waals surface area contributed by atoms with Crippen LogP contribution in [-0.4, -0.2) is 41.6 Å². The molecule has 1 aliphatic rings. The first-order chi connectivity index (χ1) is 9.13. The Morgan fingerprint density at radius 2 is 2.32 bits per heavy atom. The van der Waals surface area contributed by atoms with Gasteiger partial charge >= 0.3 is 5.97 Å². The minimum absolute atomic E-state index is 0.0133. The maximum absolute atomic E-state index is 12.5. The normalized spacial score (nSPS) is 19.2. The van der Waals surface area contributed by atoms with Gasteiger partial charge in [-0.2, -0.15) is 0 Å². The Hall–Kier alpha value is -1.56. The number of ether oxygens (including phenoxy) is 1. The predicted octanol–water partition coefficient (Wildman–Crippen LogP) is 2.23. The number of carboxylic acids is 1. The van der Waals surface area contributed by atoms with Crippen molar-refractivity contribution in [2.24, 2.45) is 0 Å². The fourth-order valence-electron chi connectivity index (χ4n) is 2.43. The van der Waals surface area contributed by atoms with Crippen LogP contribution < -0.4 is 4.74 Å². The molecule has 19 heavy (non-hydrogen) atoms. The van der Waals surface area contributed by atoms with Crippen LogP contribution in [0.3, 0.4) is 0 Å². The van der Waals surface area contributed by atoms with Gasteiger partial charge in [-0.3, -0.25) is 9.59 Å². The molecule has 0 aromatic carbocycles. The fourth-order valence-corrected chi connectivity index (χ4v) is 3.24. The first-order valence-electron chi connectivity index (χ1n) is 6.27. The summed E-state index contributed by atoms with van der Waals surface area (Å²) in [4.78, 5) is 25.6. The summed E-state index contributed by atoms with van der Waals surface area (Å²) in [6.45, 7) is 0.623. The molecule has 104 valence electrons. The zero-order valence-corrected chi connectivity index (χ0v) is 11.6. The summed E-state index contributed by atoms with van der Waals surface area (Å²) < 4.78 is 5.16. The lowest BCUT2D eigenvalue weighted by atomic mass is 9.99.